The molecule has 0 saturated carbocycles. The first kappa shape index (κ1) is 15.9. The topological polar surface area (TPSA) is 0 Å². The van der Waals surface area contributed by atoms with Crippen molar-refractivity contribution in [3.05, 3.63) is 22.8 Å². The fraction of sp³-hybridized carbons (Fsp3) is 0.600. The number of hydrogen-bond acceptors (Lipinski definition) is 0. The van der Waals surface area contributed by atoms with E-state index < -0.39 is 47.6 Å². The van der Waals surface area contributed by atoms with Crippen LogP contribution in [0.2, 0.25) is 0 Å². The molecule has 0 radical (unpaired) electrons. The van der Waals surface area contributed by atoms with Crippen LogP contribution < -0.4 is 0 Å². The van der Waals surface area contributed by atoms with E-state index in [0.29, 0.717) is 6.92 Å². The Balaban J connectivity index is 3.38. The van der Waals surface area contributed by atoms with E-state index in [4.69, 9.17) is 0 Å². The third kappa shape index (κ3) is 3.44. The number of halogens is 9. The van der Waals surface area contributed by atoms with Crippen molar-refractivity contribution in [3.8, 4) is 0 Å². The van der Waals surface area contributed by atoms with E-state index in [9.17, 15) is 39.5 Å². The maximum Gasteiger partial charge on any atom is 0.416 e. The molecule has 0 bridgehead atoms. The fourth-order valence-electron chi connectivity index (χ4n) is 1.77. The van der Waals surface area contributed by atoms with E-state index in [-0.39, 0.29) is 6.08 Å². The monoisotopic (exact) mass is 298 g/mol. The van der Waals surface area contributed by atoms with Gasteiger partial charge in [0.2, 0.25) is 0 Å². The number of rotatable bonds is 0. The van der Waals surface area contributed by atoms with Gasteiger partial charge in [-0.15, -0.1) is 0 Å². The van der Waals surface area contributed by atoms with Crippen LogP contribution in [0.25, 0.3) is 0 Å². The smallest absolute Gasteiger partial charge is 0.170 e. The van der Waals surface area contributed by atoms with Crippen LogP contribution in [-0.4, -0.2) is 18.5 Å². The van der Waals surface area contributed by atoms with Crippen LogP contribution in [0, 0.1) is 5.92 Å². The van der Waals surface area contributed by atoms with Crippen LogP contribution in [0.15, 0.2) is 22.8 Å². The van der Waals surface area contributed by atoms with E-state index in [0.717, 1.165) is 0 Å². The van der Waals surface area contributed by atoms with Crippen LogP contribution in [-0.2, 0) is 0 Å². The molecule has 9 heteroatoms. The summed E-state index contributed by atoms with van der Waals surface area (Å²) in [6.45, 7) is 0.523. The highest BCUT2D eigenvalue weighted by Crippen LogP contribution is 2.47. The molecule has 0 fully saturated rings. The van der Waals surface area contributed by atoms with E-state index in [2.05, 4.69) is 0 Å². The first-order valence-corrected chi connectivity index (χ1v) is 4.87. The molecular weight excluding hydrogens is 291 g/mol. The first-order valence-electron chi connectivity index (χ1n) is 4.87. The van der Waals surface area contributed by atoms with Crippen molar-refractivity contribution in [3.63, 3.8) is 0 Å². The van der Waals surface area contributed by atoms with Gasteiger partial charge in [-0.1, -0.05) is 6.08 Å². The van der Waals surface area contributed by atoms with E-state index in [1.54, 1.807) is 0 Å². The van der Waals surface area contributed by atoms with Crippen LogP contribution in [0.4, 0.5) is 39.5 Å². The zero-order chi connectivity index (χ0) is 15.2. The van der Waals surface area contributed by atoms with Crippen LogP contribution in [0.5, 0.6) is 0 Å². The summed E-state index contributed by atoms with van der Waals surface area (Å²) in [6.07, 6.45) is -17.4. The number of alkyl halides is 9. The molecule has 0 aromatic rings. The molecule has 0 amide bonds. The largest absolute Gasteiger partial charge is 0.416 e. The second-order valence-corrected chi connectivity index (χ2v) is 4.03. The Labute approximate surface area is 101 Å². The molecule has 19 heavy (non-hydrogen) atoms. The molecule has 1 aliphatic carbocycles. The van der Waals surface area contributed by atoms with Gasteiger partial charge >= 0.3 is 18.5 Å². The van der Waals surface area contributed by atoms with E-state index in [1.165, 1.54) is 0 Å². The molecule has 0 aliphatic heterocycles. The molecular formula is C10H7F9. The summed E-state index contributed by atoms with van der Waals surface area (Å²) in [5.41, 5.74) is -4.88. The van der Waals surface area contributed by atoms with E-state index in [1.807, 2.05) is 0 Å². The Hall–Kier alpha value is -1.15. The Bertz CT molecular complexity index is 416. The third-order valence-electron chi connectivity index (χ3n) is 2.72. The lowest BCUT2D eigenvalue weighted by Crippen LogP contribution is -2.31. The lowest BCUT2D eigenvalue weighted by molar-refractivity contribution is -0.167. The first-order chi connectivity index (χ1) is 8.24. The summed E-state index contributed by atoms with van der Waals surface area (Å²) in [4.78, 5) is 0. The maximum absolute atomic E-state index is 12.5. The summed E-state index contributed by atoms with van der Waals surface area (Å²) in [5, 5.41) is 0. The predicted molar refractivity (Wildman–Crippen MR) is 47.1 cm³/mol. The molecule has 1 aliphatic rings. The average Bonchev–Trinajstić information content (AvgIpc) is 2.11. The molecule has 0 saturated heterocycles. The quantitative estimate of drug-likeness (QED) is 0.556. The molecule has 0 nitrogen and oxygen atoms in total. The molecule has 0 heterocycles. The van der Waals surface area contributed by atoms with Gasteiger partial charge in [0.25, 0.3) is 0 Å². The third-order valence-corrected chi connectivity index (χ3v) is 2.72. The average molecular weight is 298 g/mol. The summed E-state index contributed by atoms with van der Waals surface area (Å²) in [6, 6.07) is 0. The van der Waals surface area contributed by atoms with Gasteiger partial charge in [0.05, 0.1) is 11.5 Å². The zero-order valence-corrected chi connectivity index (χ0v) is 9.26. The molecule has 1 atom stereocenters. The Morgan fingerprint density at radius 3 is 1.68 bits per heavy atom. The minimum atomic E-state index is -5.26. The Morgan fingerprint density at radius 2 is 1.37 bits per heavy atom. The van der Waals surface area contributed by atoms with Crippen molar-refractivity contribution in [2.75, 3.05) is 0 Å². The fourth-order valence-corrected chi connectivity index (χ4v) is 1.77. The van der Waals surface area contributed by atoms with Gasteiger partial charge in [0, 0.05) is 5.57 Å². The van der Waals surface area contributed by atoms with Gasteiger partial charge in [-0.3, -0.25) is 0 Å². The van der Waals surface area contributed by atoms with Gasteiger partial charge < -0.3 is 0 Å². The number of allylic oxidation sites excluding steroid dienone is 4. The molecule has 110 valence electrons. The Morgan fingerprint density at radius 1 is 0.895 bits per heavy atom. The molecule has 0 spiro atoms. The van der Waals surface area contributed by atoms with Crippen molar-refractivity contribution >= 4 is 0 Å². The van der Waals surface area contributed by atoms with Crippen molar-refractivity contribution in [1.29, 1.82) is 0 Å². The van der Waals surface area contributed by atoms with Gasteiger partial charge in [0.1, 0.15) is 0 Å². The summed E-state index contributed by atoms with van der Waals surface area (Å²) in [7, 11) is 0. The molecule has 1 unspecified atom stereocenters. The molecule has 0 aromatic heterocycles. The van der Waals surface area contributed by atoms with Crippen LogP contribution in [0.1, 0.15) is 13.3 Å². The van der Waals surface area contributed by atoms with Crippen molar-refractivity contribution in [2.24, 2.45) is 5.92 Å². The second kappa shape index (κ2) is 4.45. The SMILES string of the molecule is CC1=C(C(F)(F)F)CC(C(F)(F)F)C=C1C(F)(F)F. The van der Waals surface area contributed by atoms with Crippen LogP contribution >= 0.6 is 0 Å². The minimum Gasteiger partial charge on any atom is -0.170 e. The zero-order valence-electron chi connectivity index (χ0n) is 9.26. The number of hydrogen-bond donors (Lipinski definition) is 0. The Kier molecular flexibility index (Phi) is 3.72. The van der Waals surface area contributed by atoms with E-state index >= 15 is 0 Å². The van der Waals surface area contributed by atoms with Crippen LogP contribution in [0.3, 0.4) is 0 Å². The second-order valence-electron chi connectivity index (χ2n) is 4.03. The highest BCUT2D eigenvalue weighted by molar-refractivity contribution is 5.43. The molecule has 1 rings (SSSR count). The van der Waals surface area contributed by atoms with Crippen molar-refractivity contribution < 1.29 is 39.5 Å². The van der Waals surface area contributed by atoms with Crippen molar-refractivity contribution in [1.82, 2.24) is 0 Å². The summed E-state index contributed by atoms with van der Waals surface area (Å²) >= 11 is 0. The maximum atomic E-state index is 12.5. The molecule has 0 N–H and O–H groups in total. The standard InChI is InChI=1S/C10H7F9/c1-4-6(9(14,15)16)2-5(8(11,12)13)3-7(4)10(17,18)19/h2,5H,3H2,1H3. The lowest BCUT2D eigenvalue weighted by atomic mass is 9.84. The lowest BCUT2D eigenvalue weighted by Gasteiger charge is -2.28. The predicted octanol–water partition coefficient (Wildman–Crippen LogP) is 4.94. The minimum absolute atomic E-state index is 0.190. The highest BCUT2D eigenvalue weighted by atomic mass is 19.4. The highest BCUT2D eigenvalue weighted by Gasteiger charge is 2.50. The van der Waals surface area contributed by atoms with Gasteiger partial charge in [0.15, 0.2) is 0 Å². The summed E-state index contributed by atoms with van der Waals surface area (Å²) in [5.74, 6) is -2.79. The molecule has 0 aromatic carbocycles. The normalized spacial score (nSPS) is 22.6. The van der Waals surface area contributed by atoms with Gasteiger partial charge in [-0.25, -0.2) is 0 Å². The van der Waals surface area contributed by atoms with Gasteiger partial charge in [-0.05, 0) is 18.9 Å². The van der Waals surface area contributed by atoms with Crippen molar-refractivity contribution in [2.45, 2.75) is 31.9 Å². The summed E-state index contributed by atoms with van der Waals surface area (Å²) < 4.78 is 112. The van der Waals surface area contributed by atoms with Gasteiger partial charge in [-0.2, -0.15) is 39.5 Å².